The van der Waals surface area contributed by atoms with Gasteiger partial charge in [-0.25, -0.2) is 0 Å². The predicted molar refractivity (Wildman–Crippen MR) is 95.0 cm³/mol. The molecule has 132 valence electrons. The van der Waals surface area contributed by atoms with Crippen LogP contribution in [-0.4, -0.2) is 39.3 Å². The number of nitriles is 1. The highest BCUT2D eigenvalue weighted by Gasteiger charge is 2.26. The van der Waals surface area contributed by atoms with E-state index >= 15 is 0 Å². The van der Waals surface area contributed by atoms with Gasteiger partial charge in [0.2, 0.25) is 0 Å². The van der Waals surface area contributed by atoms with E-state index in [2.05, 4.69) is 11.2 Å². The molecule has 0 spiro atoms. The maximum atomic E-state index is 11.8. The summed E-state index contributed by atoms with van der Waals surface area (Å²) < 4.78 is 1.74. The van der Waals surface area contributed by atoms with Crippen LogP contribution in [0.5, 0.6) is 0 Å². The number of carboxylic acid groups (broad SMARTS) is 1. The smallest absolute Gasteiger partial charge is 0.325 e. The number of hydrogen-bond acceptors (Lipinski definition) is 4. The van der Waals surface area contributed by atoms with Crippen LogP contribution in [0, 0.1) is 11.3 Å². The zero-order valence-electron chi connectivity index (χ0n) is 15.1. The Morgan fingerprint density at radius 1 is 1.40 bits per heavy atom. The summed E-state index contributed by atoms with van der Waals surface area (Å²) in [7, 11) is 3.67. The summed E-state index contributed by atoms with van der Waals surface area (Å²) in [5.74, 6) is -0.888. The molecular formula is C19H24N4O2. The Labute approximate surface area is 148 Å². The Morgan fingerprint density at radius 3 is 2.52 bits per heavy atom. The molecule has 2 rings (SSSR count). The SMILES string of the molecule is CN(CCc1cnn(C)c1)[C@@H](C(=O)O)c1ccc(C(C)(C)C#N)cc1. The van der Waals surface area contributed by atoms with E-state index < -0.39 is 17.4 Å². The van der Waals surface area contributed by atoms with Gasteiger partial charge in [-0.05, 0) is 44.0 Å². The molecule has 1 aromatic heterocycles. The van der Waals surface area contributed by atoms with Gasteiger partial charge < -0.3 is 5.11 Å². The van der Waals surface area contributed by atoms with Crippen molar-refractivity contribution < 1.29 is 9.90 Å². The summed E-state index contributed by atoms with van der Waals surface area (Å²) in [6.45, 7) is 4.29. The molecule has 0 saturated carbocycles. The molecule has 0 bridgehead atoms. The molecule has 1 N–H and O–H groups in total. The molecule has 0 aliphatic heterocycles. The van der Waals surface area contributed by atoms with Crippen LogP contribution >= 0.6 is 0 Å². The van der Waals surface area contributed by atoms with E-state index in [4.69, 9.17) is 0 Å². The number of benzene rings is 1. The third-order valence-corrected chi connectivity index (χ3v) is 4.41. The number of carbonyl (C=O) groups is 1. The van der Waals surface area contributed by atoms with Gasteiger partial charge in [0.05, 0.1) is 17.7 Å². The quantitative estimate of drug-likeness (QED) is 0.837. The van der Waals surface area contributed by atoms with Crippen molar-refractivity contribution in [1.29, 1.82) is 5.26 Å². The van der Waals surface area contributed by atoms with Crippen molar-refractivity contribution in [2.75, 3.05) is 13.6 Å². The van der Waals surface area contributed by atoms with Crippen molar-refractivity contribution >= 4 is 5.97 Å². The molecule has 0 aliphatic rings. The molecule has 0 aliphatic carbocycles. The van der Waals surface area contributed by atoms with E-state index in [-0.39, 0.29) is 0 Å². The average Bonchev–Trinajstić information content (AvgIpc) is 2.99. The second-order valence-corrected chi connectivity index (χ2v) is 6.85. The van der Waals surface area contributed by atoms with Gasteiger partial charge in [0, 0.05) is 19.8 Å². The van der Waals surface area contributed by atoms with Gasteiger partial charge >= 0.3 is 5.97 Å². The lowest BCUT2D eigenvalue weighted by Gasteiger charge is -2.25. The van der Waals surface area contributed by atoms with E-state index in [0.29, 0.717) is 12.1 Å². The number of aromatic nitrogens is 2. The van der Waals surface area contributed by atoms with Gasteiger partial charge in [-0.1, -0.05) is 24.3 Å². The van der Waals surface area contributed by atoms with Crippen LogP contribution in [0.1, 0.15) is 36.6 Å². The van der Waals surface area contributed by atoms with Gasteiger partial charge in [-0.2, -0.15) is 10.4 Å². The number of rotatable bonds is 7. The number of aryl methyl sites for hydroxylation is 1. The average molecular weight is 340 g/mol. The molecule has 1 atom stereocenters. The van der Waals surface area contributed by atoms with Crippen LogP contribution in [0.3, 0.4) is 0 Å². The van der Waals surface area contributed by atoms with Gasteiger partial charge in [0.15, 0.2) is 0 Å². The molecule has 0 radical (unpaired) electrons. The predicted octanol–water partition coefficient (Wildman–Crippen LogP) is 2.52. The monoisotopic (exact) mass is 340 g/mol. The maximum absolute atomic E-state index is 11.8. The standard InChI is InChI=1S/C19H24N4O2/c1-19(2,13-20)16-7-5-15(6-8-16)17(18(24)25)22(3)10-9-14-11-21-23(4)12-14/h5-8,11-12,17H,9-10H2,1-4H3,(H,24,25)/t17-/m1/s1. The molecule has 6 heteroatoms. The first kappa shape index (κ1) is 18.7. The molecule has 1 heterocycles. The zero-order valence-corrected chi connectivity index (χ0v) is 15.1. The summed E-state index contributed by atoms with van der Waals surface area (Å²) in [4.78, 5) is 13.6. The van der Waals surface area contributed by atoms with Crippen molar-refractivity contribution in [1.82, 2.24) is 14.7 Å². The summed E-state index contributed by atoms with van der Waals surface area (Å²) in [6.07, 6.45) is 4.46. The third kappa shape index (κ3) is 4.46. The summed E-state index contributed by atoms with van der Waals surface area (Å²) in [5, 5.41) is 23.0. The van der Waals surface area contributed by atoms with Crippen molar-refractivity contribution in [2.24, 2.45) is 7.05 Å². The Morgan fingerprint density at radius 2 is 2.04 bits per heavy atom. The van der Waals surface area contributed by atoms with Crippen LogP contribution < -0.4 is 0 Å². The minimum atomic E-state index is -0.888. The van der Waals surface area contributed by atoms with Gasteiger partial charge in [-0.15, -0.1) is 0 Å². The topological polar surface area (TPSA) is 82.2 Å². The molecule has 6 nitrogen and oxygen atoms in total. The fourth-order valence-electron chi connectivity index (χ4n) is 2.77. The van der Waals surface area contributed by atoms with Gasteiger partial charge in [0.25, 0.3) is 0 Å². The minimum Gasteiger partial charge on any atom is -0.480 e. The summed E-state index contributed by atoms with van der Waals surface area (Å²) >= 11 is 0. The van der Waals surface area contributed by atoms with Gasteiger partial charge in [0.1, 0.15) is 6.04 Å². The lowest BCUT2D eigenvalue weighted by atomic mass is 9.85. The molecule has 1 aromatic carbocycles. The first-order valence-electron chi connectivity index (χ1n) is 8.17. The number of aliphatic carboxylic acids is 1. The van der Waals surface area contributed by atoms with E-state index in [9.17, 15) is 15.2 Å². The molecule has 2 aromatic rings. The highest BCUT2D eigenvalue weighted by Crippen LogP contribution is 2.26. The van der Waals surface area contributed by atoms with Crippen molar-refractivity contribution in [3.63, 3.8) is 0 Å². The number of hydrogen-bond donors (Lipinski definition) is 1. The second-order valence-electron chi connectivity index (χ2n) is 6.85. The van der Waals surface area contributed by atoms with Crippen LogP contribution in [0.2, 0.25) is 0 Å². The highest BCUT2D eigenvalue weighted by atomic mass is 16.4. The number of nitrogens with zero attached hydrogens (tertiary/aromatic N) is 4. The minimum absolute atomic E-state index is 0.594. The Kier molecular flexibility index (Phi) is 5.60. The first-order chi connectivity index (χ1) is 11.7. The van der Waals surface area contributed by atoms with Crippen LogP contribution in [0.15, 0.2) is 36.7 Å². The van der Waals surface area contributed by atoms with Crippen molar-refractivity contribution in [3.8, 4) is 6.07 Å². The van der Waals surface area contributed by atoms with E-state index in [0.717, 1.165) is 17.5 Å². The third-order valence-electron chi connectivity index (χ3n) is 4.41. The molecule has 0 unspecified atom stereocenters. The largest absolute Gasteiger partial charge is 0.480 e. The molecular weight excluding hydrogens is 316 g/mol. The maximum Gasteiger partial charge on any atom is 0.325 e. The lowest BCUT2D eigenvalue weighted by Crippen LogP contribution is -2.32. The van der Waals surface area contributed by atoms with E-state index in [1.165, 1.54) is 0 Å². The summed E-state index contributed by atoms with van der Waals surface area (Å²) in [5.41, 5.74) is 2.06. The normalized spacial score (nSPS) is 12.8. The molecule has 0 amide bonds. The lowest BCUT2D eigenvalue weighted by molar-refractivity contribution is -0.143. The first-order valence-corrected chi connectivity index (χ1v) is 8.17. The molecule has 0 saturated heterocycles. The zero-order chi connectivity index (χ0) is 18.6. The number of likely N-dealkylation sites (N-methyl/N-ethyl adjacent to an activating group) is 1. The van der Waals surface area contributed by atoms with Crippen LogP contribution in [0.25, 0.3) is 0 Å². The van der Waals surface area contributed by atoms with Crippen molar-refractivity contribution in [3.05, 3.63) is 53.3 Å². The highest BCUT2D eigenvalue weighted by molar-refractivity contribution is 5.75. The fourth-order valence-corrected chi connectivity index (χ4v) is 2.77. The van der Waals surface area contributed by atoms with Crippen LogP contribution in [0.4, 0.5) is 0 Å². The Balaban J connectivity index is 2.14. The van der Waals surface area contributed by atoms with E-state index in [1.807, 2.05) is 51.2 Å². The van der Waals surface area contributed by atoms with Crippen LogP contribution in [-0.2, 0) is 23.7 Å². The van der Waals surface area contributed by atoms with Crippen molar-refractivity contribution in [2.45, 2.75) is 31.7 Å². The van der Waals surface area contributed by atoms with Gasteiger partial charge in [-0.3, -0.25) is 14.4 Å². The Bertz CT molecular complexity index is 771. The summed E-state index contributed by atoms with van der Waals surface area (Å²) in [6, 6.07) is 8.80. The second kappa shape index (κ2) is 7.49. The molecule has 25 heavy (non-hydrogen) atoms. The fraction of sp³-hybridized carbons (Fsp3) is 0.421. The molecule has 0 fully saturated rings. The van der Waals surface area contributed by atoms with E-state index in [1.54, 1.807) is 23.0 Å². The number of carboxylic acids is 1. The Hall–Kier alpha value is -2.65.